The van der Waals surface area contributed by atoms with Gasteiger partial charge in [0.05, 0.1) is 25.4 Å². The van der Waals surface area contributed by atoms with Crippen molar-refractivity contribution in [3.05, 3.63) is 60.8 Å². The Morgan fingerprint density at radius 3 is 1.00 bits per heavy atom. The minimum Gasteiger partial charge on any atom is -0.466 e. The molecule has 0 spiro atoms. The second-order valence-corrected chi connectivity index (χ2v) is 23.9. The third kappa shape index (κ3) is 64.6. The van der Waals surface area contributed by atoms with Gasteiger partial charge >= 0.3 is 5.97 Å². The SMILES string of the molecule is CCCC/C=C\C/C=C\CCCCCCCC(=O)OCCCCCCCCCCC/C=C\C/C=C\CCCCCCCCCC(=O)NC(CO)C(O)/C=C/CCCCCCCCCCCCCCCCCCCCCCCCC. The molecule has 6 nitrogen and oxygen atoms in total. The monoisotopic (exact) mass is 1110 g/mol. The van der Waals surface area contributed by atoms with Gasteiger partial charge in [-0.05, 0) is 89.9 Å². The number of amides is 1. The Morgan fingerprint density at radius 2 is 0.646 bits per heavy atom. The maximum absolute atomic E-state index is 12.5. The number of ether oxygens (including phenoxy) is 1. The molecule has 1 amide bonds. The molecule has 6 heteroatoms. The largest absolute Gasteiger partial charge is 0.466 e. The van der Waals surface area contributed by atoms with Crippen LogP contribution >= 0.6 is 0 Å². The van der Waals surface area contributed by atoms with Crippen molar-refractivity contribution in [1.82, 2.24) is 5.32 Å². The fourth-order valence-electron chi connectivity index (χ4n) is 10.6. The summed E-state index contributed by atoms with van der Waals surface area (Å²) in [4.78, 5) is 24.6. The van der Waals surface area contributed by atoms with Crippen LogP contribution in [0.1, 0.15) is 367 Å². The van der Waals surface area contributed by atoms with Crippen molar-refractivity contribution in [1.29, 1.82) is 0 Å². The van der Waals surface area contributed by atoms with E-state index in [1.807, 2.05) is 6.08 Å². The summed E-state index contributed by atoms with van der Waals surface area (Å²) in [6.45, 7) is 4.87. The molecule has 0 fully saturated rings. The summed E-state index contributed by atoms with van der Waals surface area (Å²) in [5.41, 5.74) is 0. The highest BCUT2D eigenvalue weighted by molar-refractivity contribution is 5.76. The van der Waals surface area contributed by atoms with Crippen LogP contribution in [0.5, 0.6) is 0 Å². The Labute approximate surface area is 492 Å². The van der Waals surface area contributed by atoms with Gasteiger partial charge < -0.3 is 20.3 Å². The Kier molecular flexibility index (Phi) is 66.0. The molecule has 0 aromatic heterocycles. The van der Waals surface area contributed by atoms with E-state index in [0.717, 1.165) is 70.6 Å². The van der Waals surface area contributed by atoms with Crippen molar-refractivity contribution in [2.75, 3.05) is 13.2 Å². The quantitative estimate of drug-likeness (QED) is 0.0320. The number of rotatable bonds is 65. The number of hydrogen-bond donors (Lipinski definition) is 3. The molecule has 0 aromatic carbocycles. The van der Waals surface area contributed by atoms with Crippen molar-refractivity contribution in [2.45, 2.75) is 379 Å². The van der Waals surface area contributed by atoms with Crippen molar-refractivity contribution < 1.29 is 24.5 Å². The van der Waals surface area contributed by atoms with Crippen molar-refractivity contribution in [3.63, 3.8) is 0 Å². The molecule has 0 heterocycles. The lowest BCUT2D eigenvalue weighted by molar-refractivity contribution is -0.143. The Hall–Kier alpha value is -2.44. The van der Waals surface area contributed by atoms with Gasteiger partial charge in [-0.3, -0.25) is 9.59 Å². The van der Waals surface area contributed by atoms with Crippen LogP contribution in [-0.4, -0.2) is 47.4 Å². The van der Waals surface area contributed by atoms with Crippen LogP contribution in [0.3, 0.4) is 0 Å². The van der Waals surface area contributed by atoms with Gasteiger partial charge in [-0.1, -0.05) is 325 Å². The number of aliphatic hydroxyl groups excluding tert-OH is 2. The lowest BCUT2D eigenvalue weighted by Gasteiger charge is -2.20. The van der Waals surface area contributed by atoms with E-state index in [2.05, 4.69) is 67.8 Å². The van der Waals surface area contributed by atoms with E-state index in [4.69, 9.17) is 4.74 Å². The van der Waals surface area contributed by atoms with E-state index in [-0.39, 0.29) is 18.5 Å². The van der Waals surface area contributed by atoms with E-state index in [1.165, 1.54) is 270 Å². The molecule has 0 saturated carbocycles. The highest BCUT2D eigenvalue weighted by Gasteiger charge is 2.18. The first-order valence-electron chi connectivity index (χ1n) is 35.1. The number of carbonyl (C=O) groups is 2. The molecule has 0 radical (unpaired) electrons. The molecule has 0 bridgehead atoms. The number of aliphatic hydroxyl groups is 2. The van der Waals surface area contributed by atoms with E-state index in [0.29, 0.717) is 19.4 Å². The van der Waals surface area contributed by atoms with Crippen molar-refractivity contribution >= 4 is 11.9 Å². The number of esters is 1. The Balaban J connectivity index is 3.49. The molecule has 2 atom stereocenters. The summed E-state index contributed by atoms with van der Waals surface area (Å²) >= 11 is 0. The van der Waals surface area contributed by atoms with Gasteiger partial charge in [0.15, 0.2) is 0 Å². The third-order valence-electron chi connectivity index (χ3n) is 16.0. The summed E-state index contributed by atoms with van der Waals surface area (Å²) in [6.07, 6.45) is 90.0. The first-order chi connectivity index (χ1) is 39.0. The Bertz CT molecular complexity index is 1370. The van der Waals surface area contributed by atoms with Crippen molar-refractivity contribution in [2.24, 2.45) is 0 Å². The molecule has 79 heavy (non-hydrogen) atoms. The number of unbranched alkanes of at least 4 members (excludes halogenated alkanes) is 46. The van der Waals surface area contributed by atoms with Crippen LogP contribution < -0.4 is 5.32 Å². The molecule has 0 aliphatic rings. The topological polar surface area (TPSA) is 95.9 Å². The summed E-state index contributed by atoms with van der Waals surface area (Å²) in [5.74, 6) is -0.0840. The van der Waals surface area contributed by atoms with Gasteiger partial charge in [-0.15, -0.1) is 0 Å². The number of carbonyl (C=O) groups excluding carboxylic acids is 2. The molecule has 462 valence electrons. The molecule has 2 unspecified atom stereocenters. The number of nitrogens with one attached hydrogen (secondary N) is 1. The summed E-state index contributed by atoms with van der Waals surface area (Å²) in [5, 5.41) is 23.3. The lowest BCUT2D eigenvalue weighted by Crippen LogP contribution is -2.45. The second-order valence-electron chi connectivity index (χ2n) is 23.9. The standard InChI is InChI=1S/C73H135NO5/c1-3-5-7-9-11-13-15-17-19-20-21-22-23-24-26-29-32-35-38-41-45-49-53-57-61-65-71(76)70(69-75)74-72(77)66-62-58-54-50-46-42-39-36-33-30-27-25-28-31-34-37-40-44-48-52-56-60-64-68-79-73(78)67-63-59-55-51-47-43-18-16-14-12-10-8-6-4-2/h10,12,16,18,25,28,30,33,61,65,70-71,75-76H,3-9,11,13-15,17,19-24,26-27,29,31-32,34-60,62-64,66-69H2,1-2H3,(H,74,77)/b12-10-,18-16-,28-25-,33-30-,65-61+. The summed E-state index contributed by atoms with van der Waals surface area (Å²) in [7, 11) is 0. The summed E-state index contributed by atoms with van der Waals surface area (Å²) < 4.78 is 5.47. The van der Waals surface area contributed by atoms with Gasteiger partial charge in [0.2, 0.25) is 5.91 Å². The fraction of sp³-hybridized carbons (Fsp3) is 0.836. The van der Waals surface area contributed by atoms with E-state index in [1.54, 1.807) is 6.08 Å². The van der Waals surface area contributed by atoms with Gasteiger partial charge in [0.25, 0.3) is 0 Å². The molecule has 0 aromatic rings. The van der Waals surface area contributed by atoms with Crippen molar-refractivity contribution in [3.8, 4) is 0 Å². The summed E-state index contributed by atoms with van der Waals surface area (Å²) in [6, 6.07) is -0.639. The molecule has 0 rings (SSSR count). The van der Waals surface area contributed by atoms with Gasteiger partial charge in [-0.2, -0.15) is 0 Å². The third-order valence-corrected chi connectivity index (χ3v) is 16.0. The zero-order valence-corrected chi connectivity index (χ0v) is 52.9. The minimum atomic E-state index is -0.854. The van der Waals surface area contributed by atoms with Crippen LogP contribution in [0, 0.1) is 0 Å². The first kappa shape index (κ1) is 76.6. The van der Waals surface area contributed by atoms with E-state index >= 15 is 0 Å². The predicted molar refractivity (Wildman–Crippen MR) is 347 cm³/mol. The van der Waals surface area contributed by atoms with E-state index < -0.39 is 12.1 Å². The maximum atomic E-state index is 12.5. The predicted octanol–water partition coefficient (Wildman–Crippen LogP) is 22.6. The molecule has 0 aliphatic heterocycles. The number of allylic oxidation sites excluding steroid dienone is 9. The normalized spacial score (nSPS) is 12.9. The highest BCUT2D eigenvalue weighted by atomic mass is 16.5. The fourth-order valence-corrected chi connectivity index (χ4v) is 10.6. The molecular formula is C73H135NO5. The second kappa shape index (κ2) is 68.1. The van der Waals surface area contributed by atoms with Gasteiger partial charge in [0, 0.05) is 12.8 Å². The van der Waals surface area contributed by atoms with Crippen LogP contribution in [0.25, 0.3) is 0 Å². The van der Waals surface area contributed by atoms with Crippen LogP contribution in [0.4, 0.5) is 0 Å². The first-order valence-corrected chi connectivity index (χ1v) is 35.1. The smallest absolute Gasteiger partial charge is 0.305 e. The molecule has 0 saturated heterocycles. The zero-order chi connectivity index (χ0) is 57.1. The maximum Gasteiger partial charge on any atom is 0.305 e. The highest BCUT2D eigenvalue weighted by Crippen LogP contribution is 2.18. The Morgan fingerprint density at radius 1 is 0.354 bits per heavy atom. The minimum absolute atomic E-state index is 0.00821. The molecule has 3 N–H and O–H groups in total. The van der Waals surface area contributed by atoms with Crippen LogP contribution in [0.2, 0.25) is 0 Å². The van der Waals surface area contributed by atoms with Crippen LogP contribution in [0.15, 0.2) is 60.8 Å². The molecule has 0 aliphatic carbocycles. The van der Waals surface area contributed by atoms with E-state index in [9.17, 15) is 19.8 Å². The molecular weight excluding hydrogens is 971 g/mol. The average molecular weight is 1110 g/mol. The zero-order valence-electron chi connectivity index (χ0n) is 52.9. The number of hydrogen-bond acceptors (Lipinski definition) is 5. The van der Waals surface area contributed by atoms with Crippen LogP contribution in [-0.2, 0) is 14.3 Å². The average Bonchev–Trinajstić information content (AvgIpc) is 3.45. The van der Waals surface area contributed by atoms with Gasteiger partial charge in [0.1, 0.15) is 0 Å². The lowest BCUT2D eigenvalue weighted by atomic mass is 10.0. The van der Waals surface area contributed by atoms with Gasteiger partial charge in [-0.25, -0.2) is 0 Å².